The number of aliphatic hydroxyl groups is 2. The average molecular weight is 569 g/mol. The lowest BCUT2D eigenvalue weighted by molar-refractivity contribution is -0.130. The van der Waals surface area contributed by atoms with Crippen molar-refractivity contribution in [2.24, 2.45) is 23.2 Å². The predicted molar refractivity (Wildman–Crippen MR) is 145 cm³/mol. The zero-order valence-corrected chi connectivity index (χ0v) is 23.5. The van der Waals surface area contributed by atoms with Crippen LogP contribution in [0.25, 0.3) is 0 Å². The highest BCUT2D eigenvalue weighted by Gasteiger charge is 2.58. The Bertz CT molecular complexity index is 1160. The van der Waals surface area contributed by atoms with Gasteiger partial charge in [0.2, 0.25) is 11.8 Å². The van der Waals surface area contributed by atoms with Gasteiger partial charge in [-0.05, 0) is 49.0 Å². The van der Waals surface area contributed by atoms with E-state index in [-0.39, 0.29) is 41.3 Å². The summed E-state index contributed by atoms with van der Waals surface area (Å²) in [6.07, 6.45) is 2.21. The van der Waals surface area contributed by atoms with E-state index in [0.717, 1.165) is 0 Å². The van der Waals surface area contributed by atoms with Crippen molar-refractivity contribution in [3.05, 3.63) is 57.5 Å². The lowest BCUT2D eigenvalue weighted by atomic mass is 9.64. The number of rotatable bonds is 7. The molecular formula is C28H36Cl2FN3O4. The first-order valence-corrected chi connectivity index (χ1v) is 13.7. The minimum absolute atomic E-state index is 0.0419. The van der Waals surface area contributed by atoms with E-state index in [1.807, 2.05) is 0 Å². The number of carbonyl (C=O) groups excluding carboxylic acids is 2. The monoisotopic (exact) mass is 567 g/mol. The number of carbonyl (C=O) groups is 2. The van der Waals surface area contributed by atoms with Gasteiger partial charge in [-0.1, -0.05) is 56.1 Å². The van der Waals surface area contributed by atoms with Crippen molar-refractivity contribution in [2.45, 2.75) is 64.1 Å². The Balaban J connectivity index is 1.83. The van der Waals surface area contributed by atoms with Gasteiger partial charge in [-0.3, -0.25) is 9.59 Å². The Morgan fingerprint density at radius 3 is 2.47 bits per heavy atom. The molecular weight excluding hydrogens is 532 g/mol. The van der Waals surface area contributed by atoms with Gasteiger partial charge in [-0.15, -0.1) is 0 Å². The van der Waals surface area contributed by atoms with E-state index in [0.29, 0.717) is 22.7 Å². The van der Waals surface area contributed by atoms with Gasteiger partial charge < -0.3 is 26.2 Å². The Hall–Kier alpha value is -1.97. The number of hydrogen-bond donors (Lipinski definition) is 5. The molecule has 10 heteroatoms. The Morgan fingerprint density at radius 1 is 1.13 bits per heavy atom. The van der Waals surface area contributed by atoms with Crippen molar-refractivity contribution in [3.63, 3.8) is 0 Å². The third kappa shape index (κ3) is 5.94. The quantitative estimate of drug-likeness (QED) is 0.344. The molecule has 7 nitrogen and oxygen atoms in total. The van der Waals surface area contributed by atoms with Crippen LogP contribution in [-0.4, -0.2) is 52.9 Å². The van der Waals surface area contributed by atoms with Gasteiger partial charge in [0.05, 0.1) is 29.2 Å². The molecule has 4 bridgehead atoms. The van der Waals surface area contributed by atoms with Crippen molar-refractivity contribution in [1.29, 1.82) is 0 Å². The molecule has 7 atom stereocenters. The Morgan fingerprint density at radius 2 is 1.84 bits per heavy atom. The number of nitrogens with one attached hydrogen (secondary N) is 3. The number of benzene rings is 1. The van der Waals surface area contributed by atoms with Gasteiger partial charge in [-0.2, -0.15) is 0 Å². The number of piperidine rings is 1. The van der Waals surface area contributed by atoms with Crippen LogP contribution in [0, 0.1) is 23.2 Å². The van der Waals surface area contributed by atoms with Gasteiger partial charge in [0.15, 0.2) is 0 Å². The summed E-state index contributed by atoms with van der Waals surface area (Å²) < 4.78 is 15.9. The van der Waals surface area contributed by atoms with E-state index in [9.17, 15) is 19.8 Å². The third-order valence-corrected chi connectivity index (χ3v) is 8.26. The molecule has 2 amide bonds. The number of hydrogen-bond acceptors (Lipinski definition) is 5. The second-order valence-corrected chi connectivity index (χ2v) is 13.0. The van der Waals surface area contributed by atoms with Crippen LogP contribution in [0.3, 0.4) is 0 Å². The summed E-state index contributed by atoms with van der Waals surface area (Å²) >= 11 is 12.7. The third-order valence-electron chi connectivity index (χ3n) is 7.73. The van der Waals surface area contributed by atoms with Crippen LogP contribution >= 0.6 is 23.2 Å². The smallest absolute Gasteiger partial charge is 0.237 e. The zero-order chi connectivity index (χ0) is 28.0. The molecule has 38 heavy (non-hydrogen) atoms. The van der Waals surface area contributed by atoms with Gasteiger partial charge in [0, 0.05) is 41.1 Å². The summed E-state index contributed by atoms with van der Waals surface area (Å²) in [6, 6.07) is 5.67. The molecule has 2 heterocycles. The number of allylic oxidation sites excluding steroid dienone is 3. The second-order valence-electron chi connectivity index (χ2n) is 12.2. The minimum atomic E-state index is -1.35. The largest absolute Gasteiger partial charge is 0.393 e. The summed E-state index contributed by atoms with van der Waals surface area (Å²) in [5.41, 5.74) is -0.348. The SMILES string of the molecule is CC(C)(C)C[C@H]1N[C@@H](C(=O)NCC[C@](C)(O)CO)C(c2cccc(Cl)c2)[C@@H]2C(=O)NC3=CC(Cl)=C(F)C2C31. The molecule has 0 aromatic heterocycles. The van der Waals surface area contributed by atoms with Crippen LogP contribution in [0.4, 0.5) is 4.39 Å². The van der Waals surface area contributed by atoms with Crippen molar-refractivity contribution >= 4 is 35.0 Å². The summed E-state index contributed by atoms with van der Waals surface area (Å²) in [4.78, 5) is 27.4. The van der Waals surface area contributed by atoms with Crippen molar-refractivity contribution < 1.29 is 24.2 Å². The van der Waals surface area contributed by atoms with Crippen LogP contribution in [0.2, 0.25) is 5.02 Å². The van der Waals surface area contributed by atoms with Crippen LogP contribution in [0.1, 0.15) is 52.0 Å². The molecule has 2 fully saturated rings. The lowest BCUT2D eigenvalue weighted by Crippen LogP contribution is -2.53. The first-order valence-electron chi connectivity index (χ1n) is 12.9. The summed E-state index contributed by atoms with van der Waals surface area (Å²) in [6.45, 7) is 7.35. The van der Waals surface area contributed by atoms with Gasteiger partial charge in [0.25, 0.3) is 0 Å². The molecule has 2 saturated heterocycles. The van der Waals surface area contributed by atoms with Gasteiger partial charge in [-0.25, -0.2) is 4.39 Å². The lowest BCUT2D eigenvalue weighted by Gasteiger charge is -2.44. The number of aliphatic hydroxyl groups excluding tert-OH is 1. The highest BCUT2D eigenvalue weighted by atomic mass is 35.5. The molecule has 1 aromatic rings. The fraction of sp³-hybridized carbons (Fsp3) is 0.571. The maximum atomic E-state index is 15.9. The summed E-state index contributed by atoms with van der Waals surface area (Å²) in [5.74, 6) is -4.30. The van der Waals surface area contributed by atoms with E-state index in [1.54, 1.807) is 24.3 Å². The Kier molecular flexibility index (Phi) is 8.32. The van der Waals surface area contributed by atoms with Gasteiger partial charge >= 0.3 is 0 Å². The molecule has 5 N–H and O–H groups in total. The molecule has 2 aliphatic heterocycles. The van der Waals surface area contributed by atoms with E-state index < -0.39 is 47.7 Å². The molecule has 1 aromatic carbocycles. The second kappa shape index (κ2) is 10.9. The van der Waals surface area contributed by atoms with Crippen LogP contribution in [0.15, 0.2) is 46.9 Å². The molecule has 0 radical (unpaired) electrons. The summed E-state index contributed by atoms with van der Waals surface area (Å²) in [5, 5.41) is 29.3. The Labute approximate surface area is 232 Å². The molecule has 0 saturated carbocycles. The molecule has 208 valence electrons. The fourth-order valence-electron chi connectivity index (χ4n) is 6.04. The van der Waals surface area contributed by atoms with Crippen LogP contribution < -0.4 is 16.0 Å². The molecule has 0 spiro atoms. The normalized spacial score (nSPS) is 30.7. The standard InChI is InChI=1S/C28H36Cl2FN3O4/c1-27(2,3)12-18-20-17-11-16(30)23(31)21(20)22(25(36)34-17)19(14-6-5-7-15(29)10-14)24(33-18)26(37)32-9-8-28(4,38)13-35/h5-7,10-11,18-22,24,33,35,38H,8-9,12-13H2,1-4H3,(H,32,37)(H,34,36)/t18-,19?,20?,21?,22+,24-,28+/m1/s1. The van der Waals surface area contributed by atoms with E-state index in [1.165, 1.54) is 13.0 Å². The molecule has 4 rings (SSSR count). The topological polar surface area (TPSA) is 111 Å². The number of halogens is 3. The van der Waals surface area contributed by atoms with Crippen LogP contribution in [-0.2, 0) is 9.59 Å². The van der Waals surface area contributed by atoms with E-state index >= 15 is 4.39 Å². The van der Waals surface area contributed by atoms with Crippen LogP contribution in [0.5, 0.6) is 0 Å². The van der Waals surface area contributed by atoms with Crippen molar-refractivity contribution in [1.82, 2.24) is 16.0 Å². The minimum Gasteiger partial charge on any atom is -0.393 e. The van der Waals surface area contributed by atoms with E-state index in [2.05, 4.69) is 36.7 Å². The van der Waals surface area contributed by atoms with Gasteiger partial charge in [0.1, 0.15) is 5.83 Å². The van der Waals surface area contributed by atoms with Crippen molar-refractivity contribution in [2.75, 3.05) is 13.2 Å². The van der Waals surface area contributed by atoms with E-state index in [4.69, 9.17) is 23.2 Å². The zero-order valence-electron chi connectivity index (χ0n) is 22.0. The predicted octanol–water partition coefficient (Wildman–Crippen LogP) is 3.75. The summed E-state index contributed by atoms with van der Waals surface area (Å²) in [7, 11) is 0. The molecule has 3 aliphatic rings. The fourth-order valence-corrected chi connectivity index (χ4v) is 6.48. The highest BCUT2D eigenvalue weighted by Crippen LogP contribution is 2.53. The maximum absolute atomic E-state index is 15.9. The highest BCUT2D eigenvalue weighted by molar-refractivity contribution is 6.31. The maximum Gasteiger partial charge on any atom is 0.237 e. The first kappa shape index (κ1) is 29.0. The average Bonchev–Trinajstić information content (AvgIpc) is 2.93. The number of amides is 2. The molecule has 1 aliphatic carbocycles. The first-order chi connectivity index (χ1) is 17.7. The van der Waals surface area contributed by atoms with Crippen molar-refractivity contribution in [3.8, 4) is 0 Å². The molecule has 3 unspecified atom stereocenters.